The van der Waals surface area contributed by atoms with E-state index in [0.717, 1.165) is 17.1 Å². The highest BCUT2D eigenvalue weighted by Gasteiger charge is 2.29. The van der Waals surface area contributed by atoms with Gasteiger partial charge in [0.15, 0.2) is 14.3 Å². The number of aromatic nitrogens is 6. The van der Waals surface area contributed by atoms with Crippen molar-refractivity contribution in [3.05, 3.63) is 142 Å². The van der Waals surface area contributed by atoms with Crippen LogP contribution in [-0.4, -0.2) is 34.3 Å². The molecule has 0 radical (unpaired) electrons. The highest BCUT2D eigenvalue weighted by atomic mass is 32.1. The minimum Gasteiger partial charge on any atom is -0.326 e. The molecule has 10 heteroatoms. The first kappa shape index (κ1) is 23.4. The predicted molar refractivity (Wildman–Crippen MR) is 156 cm³/mol. The molecule has 0 saturated heterocycles. The Hall–Kier alpha value is -3.99. The Morgan fingerprint density at radius 2 is 0.649 bits per heavy atom. The normalized spacial score (nSPS) is 11.0. The van der Waals surface area contributed by atoms with Gasteiger partial charge in [-0.3, -0.25) is 13.7 Å². The molecule has 3 heterocycles. The summed E-state index contributed by atoms with van der Waals surface area (Å²) >= 11 is 18.0. The second-order valence-electron chi connectivity index (χ2n) is 8.43. The largest absolute Gasteiger partial charge is 0.523 e. The molecular formula is C27H21BN6S3. The lowest BCUT2D eigenvalue weighted by Crippen LogP contribution is -2.41. The van der Waals surface area contributed by atoms with Gasteiger partial charge in [0.2, 0.25) is 0 Å². The van der Waals surface area contributed by atoms with Crippen molar-refractivity contribution in [2.24, 2.45) is 0 Å². The van der Waals surface area contributed by atoms with Crippen LogP contribution in [0.1, 0.15) is 0 Å². The van der Waals surface area contributed by atoms with E-state index >= 15 is 0 Å². The molecule has 0 aliphatic rings. The molecule has 6 nitrogen and oxygen atoms in total. The number of hydrogen-bond donors (Lipinski definition) is 0. The lowest BCUT2D eigenvalue weighted by molar-refractivity contribution is 0.879. The Morgan fingerprint density at radius 3 is 0.919 bits per heavy atom. The van der Waals surface area contributed by atoms with E-state index in [-0.39, 0.29) is 0 Å². The van der Waals surface area contributed by atoms with Crippen LogP contribution >= 0.6 is 36.7 Å². The maximum Gasteiger partial charge on any atom is 0.523 e. The molecule has 0 aliphatic carbocycles. The molecule has 0 atom stereocenters. The molecule has 0 spiro atoms. The van der Waals surface area contributed by atoms with Crippen molar-refractivity contribution in [2.75, 3.05) is 0 Å². The van der Waals surface area contributed by atoms with E-state index < -0.39 is 7.12 Å². The van der Waals surface area contributed by atoms with Crippen molar-refractivity contribution in [1.82, 2.24) is 27.1 Å². The topological polar surface area (TPSA) is 29.6 Å². The van der Waals surface area contributed by atoms with Crippen LogP contribution in [-0.2, 0) is 0 Å². The van der Waals surface area contributed by atoms with Crippen LogP contribution in [0.25, 0.3) is 17.1 Å². The molecular weight excluding hydrogens is 515 g/mol. The third kappa shape index (κ3) is 4.19. The molecule has 0 fully saturated rings. The Labute approximate surface area is 229 Å². The van der Waals surface area contributed by atoms with E-state index in [4.69, 9.17) is 36.7 Å². The second-order valence-corrected chi connectivity index (χ2v) is 9.52. The predicted octanol–water partition coefficient (Wildman–Crippen LogP) is 6.58. The second kappa shape index (κ2) is 9.81. The average molecular weight is 537 g/mol. The van der Waals surface area contributed by atoms with Crippen LogP contribution in [0.5, 0.6) is 0 Å². The van der Waals surface area contributed by atoms with Crippen molar-refractivity contribution in [3.8, 4) is 17.1 Å². The van der Waals surface area contributed by atoms with E-state index in [2.05, 4.69) is 0 Å². The third-order valence-electron chi connectivity index (χ3n) is 6.26. The molecule has 180 valence electrons. The summed E-state index contributed by atoms with van der Waals surface area (Å²) in [5.74, 6) is 0. The van der Waals surface area contributed by atoms with Gasteiger partial charge in [0.05, 0.1) is 0 Å². The Bertz CT molecular complexity index is 1630. The Balaban J connectivity index is 1.56. The zero-order chi connectivity index (χ0) is 25.4. The quantitative estimate of drug-likeness (QED) is 0.178. The van der Waals surface area contributed by atoms with Gasteiger partial charge >= 0.3 is 7.12 Å². The number of nitrogens with zero attached hydrogens (tertiary/aromatic N) is 6. The molecule has 37 heavy (non-hydrogen) atoms. The minimum atomic E-state index is -0.451. The van der Waals surface area contributed by atoms with Gasteiger partial charge in [-0.25, -0.2) is 0 Å². The number of para-hydroxylation sites is 3. The molecule has 0 saturated carbocycles. The van der Waals surface area contributed by atoms with Gasteiger partial charge in [-0.1, -0.05) is 54.6 Å². The molecule has 0 amide bonds. The van der Waals surface area contributed by atoms with Crippen LogP contribution in [0.15, 0.2) is 128 Å². The van der Waals surface area contributed by atoms with Gasteiger partial charge < -0.3 is 13.4 Å². The number of imidazole rings is 3. The first-order chi connectivity index (χ1) is 18.1. The third-order valence-corrected chi connectivity index (χ3v) is 7.48. The van der Waals surface area contributed by atoms with E-state index in [9.17, 15) is 0 Å². The molecule has 0 N–H and O–H groups in total. The molecule has 0 unspecified atom stereocenters. The van der Waals surface area contributed by atoms with E-state index in [0.29, 0.717) is 14.3 Å². The van der Waals surface area contributed by atoms with Crippen LogP contribution in [0, 0.1) is 14.3 Å². The van der Waals surface area contributed by atoms with Crippen LogP contribution in [0.4, 0.5) is 0 Å². The van der Waals surface area contributed by atoms with E-state index in [1.54, 1.807) is 0 Å². The lowest BCUT2D eigenvalue weighted by atomic mass is 9.92. The number of hydrogen-bond acceptors (Lipinski definition) is 3. The Morgan fingerprint density at radius 1 is 0.378 bits per heavy atom. The molecule has 6 rings (SSSR count). The van der Waals surface area contributed by atoms with Crippen LogP contribution in [0.3, 0.4) is 0 Å². The van der Waals surface area contributed by atoms with Crippen LogP contribution < -0.4 is 0 Å². The highest BCUT2D eigenvalue weighted by Crippen LogP contribution is 2.17. The monoisotopic (exact) mass is 536 g/mol. The summed E-state index contributed by atoms with van der Waals surface area (Å²) in [6.45, 7) is 0. The molecule has 0 aliphatic heterocycles. The fraction of sp³-hybridized carbons (Fsp3) is 0. The summed E-state index contributed by atoms with van der Waals surface area (Å²) in [4.78, 5) is 0. The maximum atomic E-state index is 5.99. The first-order valence-corrected chi connectivity index (χ1v) is 12.9. The molecule has 3 aromatic carbocycles. The fourth-order valence-corrected chi connectivity index (χ4v) is 5.42. The summed E-state index contributed by atoms with van der Waals surface area (Å²) in [5, 5.41) is 0. The van der Waals surface area contributed by atoms with Crippen molar-refractivity contribution in [2.45, 2.75) is 0 Å². The summed E-state index contributed by atoms with van der Waals surface area (Å²) in [6, 6.07) is 30.2. The zero-order valence-corrected chi connectivity index (χ0v) is 22.1. The van der Waals surface area contributed by atoms with Gasteiger partial charge in [0.1, 0.15) is 0 Å². The smallest absolute Gasteiger partial charge is 0.326 e. The average Bonchev–Trinajstić information content (AvgIpc) is 3.64. The minimum absolute atomic E-state index is 0.451. The SMILES string of the molecule is S=c1n(B(n2ccn(-c3ccccc3)c2=S)n2ccn(-c3ccccc3)c2=S)ccn1-c1ccccc1. The summed E-state index contributed by atoms with van der Waals surface area (Å²) < 4.78 is 13.9. The Kier molecular flexibility index (Phi) is 6.21. The van der Waals surface area contributed by atoms with Crippen molar-refractivity contribution >= 4 is 43.8 Å². The van der Waals surface area contributed by atoms with Gasteiger partial charge in [0, 0.05) is 54.2 Å². The number of benzene rings is 3. The zero-order valence-electron chi connectivity index (χ0n) is 19.6. The van der Waals surface area contributed by atoms with Crippen molar-refractivity contribution < 1.29 is 0 Å². The van der Waals surface area contributed by atoms with Crippen LogP contribution in [0.2, 0.25) is 0 Å². The lowest BCUT2D eigenvalue weighted by Gasteiger charge is -2.17. The highest BCUT2D eigenvalue weighted by molar-refractivity contribution is 7.71. The van der Waals surface area contributed by atoms with Crippen molar-refractivity contribution in [1.29, 1.82) is 0 Å². The van der Waals surface area contributed by atoms with Crippen molar-refractivity contribution in [3.63, 3.8) is 0 Å². The summed E-state index contributed by atoms with van der Waals surface area (Å²) in [5.41, 5.74) is 2.96. The summed E-state index contributed by atoms with van der Waals surface area (Å²) in [6.07, 6.45) is 11.8. The van der Waals surface area contributed by atoms with E-state index in [1.807, 2.05) is 155 Å². The van der Waals surface area contributed by atoms with Gasteiger partial charge in [0.25, 0.3) is 0 Å². The van der Waals surface area contributed by atoms with Gasteiger partial charge in [-0.05, 0) is 73.1 Å². The van der Waals surface area contributed by atoms with Gasteiger partial charge in [-0.2, -0.15) is 0 Å². The molecule has 6 aromatic rings. The number of rotatable bonds is 6. The molecule has 0 bridgehead atoms. The standard InChI is InChI=1S/C27H21BN6S3/c35-25-29(22-10-4-1-5-11-22)16-19-32(25)28(33-20-17-30(26(33)36)23-12-6-2-7-13-23)34-21-18-31(27(34)37)24-14-8-3-9-15-24/h1-21H. The first-order valence-electron chi connectivity index (χ1n) is 11.7. The molecule has 3 aromatic heterocycles. The fourth-order valence-electron chi connectivity index (χ4n) is 4.46. The van der Waals surface area contributed by atoms with E-state index in [1.165, 1.54) is 0 Å². The summed E-state index contributed by atoms with van der Waals surface area (Å²) in [7, 11) is -0.451. The van der Waals surface area contributed by atoms with Gasteiger partial charge in [-0.15, -0.1) is 0 Å². The maximum absolute atomic E-state index is 5.99.